The van der Waals surface area contributed by atoms with Crippen LogP contribution in [0.15, 0.2) is 0 Å². The minimum absolute atomic E-state index is 3.07. The molecule has 0 aromatic rings. The van der Waals surface area contributed by atoms with Crippen LogP contribution in [0.3, 0.4) is 0 Å². The highest BCUT2D eigenvalue weighted by atomic mass is 19.4. The fourth-order valence-corrected chi connectivity index (χ4v) is 18.7. The minimum atomic E-state index is -8.83. The number of ether oxygens (including phenoxy) is 4. The summed E-state index contributed by atoms with van der Waals surface area (Å²) in [7, 11) is 0. The molecule has 4 N–H and O–H groups in total. The molecule has 12 nitrogen and oxygen atoms in total. The minimum Gasteiger partial charge on any atom is -0.391 e. The van der Waals surface area contributed by atoms with Crippen LogP contribution in [0, 0.1) is 5.41 Å². The average molecular weight is 1840 g/mol. The molecule has 16 fully saturated rings. The van der Waals surface area contributed by atoms with Crippen LogP contribution >= 0.6 is 0 Å². The van der Waals surface area contributed by atoms with Gasteiger partial charge in [-0.15, -0.1) is 0 Å². The van der Waals surface area contributed by atoms with Gasteiger partial charge in [0.05, 0.1) is 50.8 Å². The van der Waals surface area contributed by atoms with Gasteiger partial charge >= 0.3 is 186 Å². The second kappa shape index (κ2) is 20.9. The van der Waals surface area contributed by atoms with Crippen LogP contribution in [0.2, 0.25) is 0 Å². The molecule has 24 unspecified atom stereocenters. The van der Waals surface area contributed by atoms with Crippen LogP contribution in [0.5, 0.6) is 0 Å². The lowest BCUT2D eigenvalue weighted by Crippen LogP contribution is -3.07. The lowest BCUT2D eigenvalue weighted by atomic mass is 9.41. The fraction of sp³-hybridized carbons (Fsp3) is 0.925. The van der Waals surface area contributed by atoms with Crippen molar-refractivity contribution in [2.75, 3.05) is 26.4 Å². The third kappa shape index (κ3) is 6.56. The molecule has 0 saturated heterocycles. The maximum absolute atomic E-state index is 17.1. The molecular weight excluding hydrogens is 1820 g/mol. The molecule has 0 aromatic carbocycles. The normalized spacial score (nSPS) is 52.6. The highest BCUT2D eigenvalue weighted by Gasteiger charge is 3.25. The topological polar surface area (TPSA) is 186 Å². The molecule has 117 heavy (non-hydrogen) atoms. The number of carbonyl (C=O) groups excluding carboxylic acids is 4. The van der Waals surface area contributed by atoms with E-state index in [1.165, 1.54) is 0 Å². The predicted octanol–water partition coefficient (Wildman–Crippen LogP) is 11.6. The van der Waals surface area contributed by atoms with Crippen molar-refractivity contribution >= 4 is 23.1 Å². The van der Waals surface area contributed by atoms with Crippen molar-refractivity contribution < 1.29 is 287 Å². The Morgan fingerprint density at radius 1 is 0.188 bits per heavy atom. The SMILES string of the molecule is O=C1C2(F)C(F)(F)C3(F)C(F)(F)C1(F)C(F)(OCC(O)CC(CC(O)COC1(F)C4(F)C(=O)C5(F)C(F)(F)C(F)(C4(F)F)C(F)(F)C1(F)C5(F)F)(CC(O)COC1(F)C4(F)C(=O)C5(F)C(F)(F)C(F)(C4(F)F)C(F)(F)C1(F)C5(F)F)CC(O)COC1(F)C4(F)C(=O)C5(F)C(F)(F)C(F)(C4(F)F)C(F)(F)C1(F)C5(F)F)C(F)(C2(F)F)C3(F)F. The van der Waals surface area contributed by atoms with Crippen molar-refractivity contribution in [2.45, 2.75) is 259 Å². The fourth-order valence-electron chi connectivity index (χ4n) is 18.7. The van der Waals surface area contributed by atoms with Crippen molar-refractivity contribution in [2.24, 2.45) is 5.41 Å². The number of hydrogen-bond donors (Lipinski definition) is 4. The van der Waals surface area contributed by atoms with E-state index in [0.29, 0.717) is 0 Å². The molecule has 16 bridgehead atoms. The van der Waals surface area contributed by atoms with E-state index in [9.17, 15) is 39.6 Å². The van der Waals surface area contributed by atoms with Crippen molar-refractivity contribution in [3.63, 3.8) is 0 Å². The summed E-state index contributed by atoms with van der Waals surface area (Å²) in [5.41, 5.74) is -139. The number of rotatable bonds is 20. The summed E-state index contributed by atoms with van der Waals surface area (Å²) in [5.74, 6) is -193. The first kappa shape index (κ1) is 90.9. The van der Waals surface area contributed by atoms with E-state index in [4.69, 9.17) is 0 Å². The first-order chi connectivity index (χ1) is 51.0. The Labute approximate surface area is 601 Å². The van der Waals surface area contributed by atoms with Crippen molar-refractivity contribution in [3.05, 3.63) is 0 Å². The summed E-state index contributed by atoms with van der Waals surface area (Å²) in [6, 6.07) is 0. The summed E-state index contributed by atoms with van der Waals surface area (Å²) in [6.45, 7) is -16.6. The van der Waals surface area contributed by atoms with Crippen molar-refractivity contribution in [1.29, 1.82) is 0 Å². The summed E-state index contributed by atoms with van der Waals surface area (Å²) in [6.07, 6.45) is -34.5. The highest BCUT2D eigenvalue weighted by molar-refractivity contribution is 6.07. The lowest BCUT2D eigenvalue weighted by molar-refractivity contribution is -0.556. The third-order valence-electron chi connectivity index (χ3n) is 24.5. The molecule has 0 amide bonds. The maximum atomic E-state index is 17.1. The zero-order valence-electron chi connectivity index (χ0n) is 53.2. The van der Waals surface area contributed by atoms with Crippen molar-refractivity contribution in [3.8, 4) is 0 Å². The van der Waals surface area contributed by atoms with Gasteiger partial charge in [-0.3, -0.25) is 19.2 Å². The molecule has 64 heteroatoms. The van der Waals surface area contributed by atoms with Gasteiger partial charge in [0.15, 0.2) is 0 Å². The number of aliphatic hydroxyl groups is 4. The van der Waals surface area contributed by atoms with E-state index in [1.54, 1.807) is 0 Å². The number of halogens is 52. The van der Waals surface area contributed by atoms with Crippen LogP contribution in [0.25, 0.3) is 0 Å². The molecule has 16 aliphatic rings. The number of hydrogen-bond acceptors (Lipinski definition) is 12. The maximum Gasteiger partial charge on any atom is 0.340 e. The first-order valence-electron chi connectivity index (χ1n) is 30.3. The molecule has 16 rings (SSSR count). The van der Waals surface area contributed by atoms with E-state index in [2.05, 4.69) is 18.9 Å². The van der Waals surface area contributed by atoms with Crippen LogP contribution in [0.4, 0.5) is 228 Å². The van der Waals surface area contributed by atoms with Crippen molar-refractivity contribution in [1.82, 2.24) is 0 Å². The van der Waals surface area contributed by atoms with Gasteiger partial charge < -0.3 is 39.4 Å². The molecular formula is C53H24F52O12. The number of Topliss-reactive ketones (excluding diaryl/α,β-unsaturated/α-hetero) is 4. The second-order valence-corrected chi connectivity index (χ2v) is 29.6. The van der Waals surface area contributed by atoms with Crippen LogP contribution < -0.4 is 0 Å². The summed E-state index contributed by atoms with van der Waals surface area (Å²) < 4.78 is 840. The Morgan fingerprint density at radius 2 is 0.299 bits per heavy atom. The molecule has 24 atom stereocenters. The Bertz CT molecular complexity index is 3890. The Balaban J connectivity index is 1.03. The molecule has 0 aliphatic heterocycles. The average Bonchev–Trinajstić information content (AvgIpc) is 0.613. The van der Waals surface area contributed by atoms with Crippen LogP contribution in [-0.4, -0.2) is 303 Å². The van der Waals surface area contributed by atoms with Gasteiger partial charge in [-0.1, -0.05) is 0 Å². The highest BCUT2D eigenvalue weighted by Crippen LogP contribution is 2.91. The summed E-state index contributed by atoms with van der Waals surface area (Å²) in [4.78, 5) is 51.2. The molecule has 0 spiro atoms. The first-order valence-corrected chi connectivity index (χ1v) is 30.3. The Morgan fingerprint density at radius 3 is 0.427 bits per heavy atom. The lowest BCUT2D eigenvalue weighted by Gasteiger charge is -2.71. The third-order valence-corrected chi connectivity index (χ3v) is 24.5. The predicted molar refractivity (Wildman–Crippen MR) is 245 cm³/mol. The van der Waals surface area contributed by atoms with Gasteiger partial charge in [0.1, 0.15) is 0 Å². The zero-order chi connectivity index (χ0) is 91.6. The van der Waals surface area contributed by atoms with E-state index < -0.39 is 314 Å². The van der Waals surface area contributed by atoms with E-state index in [0.717, 1.165) is 0 Å². The monoisotopic (exact) mass is 1840 g/mol. The standard InChI is InChI=1S/C53H24F52O12/c54-18-13(110)22(58)42(86,87)26(62,34(18,70)71)46(94,95)30(66,38(18,78)79)50(22,102)114-5-9(106)1-17(2-10(107)6-115-51(103)23(59)14(111)19(55)35(72,73)27(63,43(23,88)89)47(96,97)31(51,67)39(19,80)81,3-11(108)7-116-52(104)24(60)15(112)20(56)36(74,75)28(64,44(24,90)91)48(98,99)32(52,68)40(20,82)83)4-12(109)8-117-53(105)25(61)16(113)21(57)37(76,77)29(65,45(25,92)93)49(100,101)33(53,69)41(21,84)85/h9-12,106-109H,1-8H2. The number of aliphatic hydroxyl groups excluding tert-OH is 4. The van der Waals surface area contributed by atoms with E-state index in [-0.39, 0.29) is 0 Å². The molecule has 16 aliphatic carbocycles. The van der Waals surface area contributed by atoms with E-state index in [1.807, 2.05) is 0 Å². The van der Waals surface area contributed by atoms with E-state index >= 15 is 228 Å². The zero-order valence-corrected chi connectivity index (χ0v) is 53.2. The van der Waals surface area contributed by atoms with Gasteiger partial charge in [0.25, 0.3) is 22.7 Å². The van der Waals surface area contributed by atoms with Crippen LogP contribution in [-0.2, 0) is 38.1 Å². The van der Waals surface area contributed by atoms with Crippen LogP contribution in [0.1, 0.15) is 25.7 Å². The quantitative estimate of drug-likeness (QED) is 0.0847. The molecule has 0 heterocycles. The largest absolute Gasteiger partial charge is 0.391 e. The molecule has 0 radical (unpaired) electrons. The Kier molecular flexibility index (Phi) is 16.2. The summed E-state index contributed by atoms with van der Waals surface area (Å²) in [5, 5.41) is 44.8. The van der Waals surface area contributed by atoms with Gasteiger partial charge in [-0.2, -0.15) is 140 Å². The summed E-state index contributed by atoms with van der Waals surface area (Å²) >= 11 is 0. The molecule has 0 aromatic heterocycles. The van der Waals surface area contributed by atoms with Gasteiger partial charge in [0, 0.05) is 0 Å². The number of ketones is 4. The van der Waals surface area contributed by atoms with Gasteiger partial charge in [-0.05, 0) is 31.1 Å². The second-order valence-electron chi connectivity index (χ2n) is 29.6. The van der Waals surface area contributed by atoms with Gasteiger partial charge in [-0.25, -0.2) is 87.8 Å². The molecule has 672 valence electrons. The number of alkyl halides is 52. The van der Waals surface area contributed by atoms with Gasteiger partial charge in [0.2, 0.25) is 23.1 Å². The number of carbonyl (C=O) groups is 4. The Hall–Kier alpha value is -5.28. The smallest absolute Gasteiger partial charge is 0.340 e. The molecule has 16 saturated carbocycles.